The van der Waals surface area contributed by atoms with Crippen molar-refractivity contribution in [3.05, 3.63) is 47.3 Å². The smallest absolute Gasteiger partial charge is 0.0651 e. The Morgan fingerprint density at radius 2 is 2.13 bits per heavy atom. The van der Waals surface area contributed by atoms with Crippen LogP contribution in [0.25, 0.3) is 5.69 Å². The summed E-state index contributed by atoms with van der Waals surface area (Å²) in [6.45, 7) is 4.65. The molecule has 0 spiro atoms. The summed E-state index contributed by atoms with van der Waals surface area (Å²) in [5.41, 5.74) is 10.1. The van der Waals surface area contributed by atoms with Gasteiger partial charge in [-0.3, -0.25) is 0 Å². The predicted molar refractivity (Wildman–Crippen MR) is 60.9 cm³/mol. The lowest BCUT2D eigenvalue weighted by atomic mass is 10.2. The van der Waals surface area contributed by atoms with Gasteiger partial charge in [0, 0.05) is 17.8 Å². The molecule has 3 nitrogen and oxygen atoms in total. The molecule has 15 heavy (non-hydrogen) atoms. The van der Waals surface area contributed by atoms with Gasteiger partial charge in [0.25, 0.3) is 0 Å². The van der Waals surface area contributed by atoms with Crippen molar-refractivity contribution in [2.24, 2.45) is 5.73 Å². The number of nitrogens with two attached hydrogens (primary N) is 1. The van der Waals surface area contributed by atoms with Gasteiger partial charge in [-0.15, -0.1) is 0 Å². The van der Waals surface area contributed by atoms with Crippen LogP contribution in [0.3, 0.4) is 0 Å². The molecule has 0 fully saturated rings. The van der Waals surface area contributed by atoms with E-state index in [0.717, 1.165) is 16.9 Å². The third kappa shape index (κ3) is 1.78. The largest absolute Gasteiger partial charge is 0.326 e. The molecule has 0 radical (unpaired) electrons. The first kappa shape index (κ1) is 9.93. The van der Waals surface area contributed by atoms with Crippen molar-refractivity contribution >= 4 is 0 Å². The van der Waals surface area contributed by atoms with Gasteiger partial charge >= 0.3 is 0 Å². The highest BCUT2D eigenvalue weighted by atomic mass is 15.3. The second-order valence-electron chi connectivity index (χ2n) is 3.71. The Kier molecular flexibility index (Phi) is 2.56. The van der Waals surface area contributed by atoms with Gasteiger partial charge in [-0.05, 0) is 31.5 Å². The summed E-state index contributed by atoms with van der Waals surface area (Å²) >= 11 is 0. The highest BCUT2D eigenvalue weighted by molar-refractivity contribution is 5.37. The molecule has 1 heterocycles. The molecular formula is C12H15N3. The molecule has 0 saturated heterocycles. The monoisotopic (exact) mass is 201 g/mol. The highest BCUT2D eigenvalue weighted by Crippen LogP contribution is 2.14. The normalized spacial score (nSPS) is 10.6. The lowest BCUT2D eigenvalue weighted by molar-refractivity contribution is 0.842. The van der Waals surface area contributed by atoms with Crippen molar-refractivity contribution in [2.45, 2.75) is 20.4 Å². The van der Waals surface area contributed by atoms with Crippen molar-refractivity contribution in [3.8, 4) is 5.69 Å². The van der Waals surface area contributed by atoms with Crippen LogP contribution in [-0.4, -0.2) is 9.78 Å². The fourth-order valence-electron chi connectivity index (χ4n) is 1.66. The van der Waals surface area contributed by atoms with Gasteiger partial charge < -0.3 is 5.73 Å². The molecule has 0 saturated carbocycles. The lowest BCUT2D eigenvalue weighted by Crippen LogP contribution is -2.02. The summed E-state index contributed by atoms with van der Waals surface area (Å²) in [5.74, 6) is 0. The van der Waals surface area contributed by atoms with Gasteiger partial charge in [0.05, 0.1) is 11.9 Å². The van der Waals surface area contributed by atoms with E-state index in [1.54, 1.807) is 0 Å². The standard InChI is InChI=1S/C12H15N3/c1-9-4-3-5-12(6-9)15-10(2)11(7-13)8-14-15/h3-6,8H,7,13H2,1-2H3. The van der Waals surface area contributed by atoms with Gasteiger partial charge in [0.2, 0.25) is 0 Å². The van der Waals surface area contributed by atoms with Crippen LogP contribution >= 0.6 is 0 Å². The molecule has 0 aliphatic carbocycles. The lowest BCUT2D eigenvalue weighted by Gasteiger charge is -2.05. The Balaban J connectivity index is 2.49. The quantitative estimate of drug-likeness (QED) is 0.807. The minimum atomic E-state index is 0.539. The van der Waals surface area contributed by atoms with E-state index in [4.69, 9.17) is 5.73 Å². The van der Waals surface area contributed by atoms with Crippen LogP contribution in [0.15, 0.2) is 30.5 Å². The SMILES string of the molecule is Cc1cccc(-n2ncc(CN)c2C)c1. The Labute approximate surface area is 89.5 Å². The molecule has 2 rings (SSSR count). The Bertz CT molecular complexity index is 471. The molecular weight excluding hydrogens is 186 g/mol. The molecule has 0 unspecified atom stereocenters. The average Bonchev–Trinajstić information content (AvgIpc) is 2.59. The number of hydrogen-bond acceptors (Lipinski definition) is 2. The Morgan fingerprint density at radius 3 is 2.73 bits per heavy atom. The van der Waals surface area contributed by atoms with Crippen LogP contribution in [-0.2, 0) is 6.54 Å². The number of hydrogen-bond donors (Lipinski definition) is 1. The molecule has 3 heteroatoms. The zero-order valence-electron chi connectivity index (χ0n) is 9.07. The van der Waals surface area contributed by atoms with Crippen LogP contribution in [0.5, 0.6) is 0 Å². The van der Waals surface area contributed by atoms with Crippen molar-refractivity contribution in [1.29, 1.82) is 0 Å². The highest BCUT2D eigenvalue weighted by Gasteiger charge is 2.06. The summed E-state index contributed by atoms with van der Waals surface area (Å²) in [6.07, 6.45) is 1.83. The molecule has 1 aromatic heterocycles. The van der Waals surface area contributed by atoms with E-state index in [0.29, 0.717) is 6.54 Å². The molecule has 2 N–H and O–H groups in total. The van der Waals surface area contributed by atoms with Crippen molar-refractivity contribution in [2.75, 3.05) is 0 Å². The van der Waals surface area contributed by atoms with Crippen molar-refractivity contribution < 1.29 is 0 Å². The maximum atomic E-state index is 5.62. The maximum absolute atomic E-state index is 5.62. The zero-order valence-corrected chi connectivity index (χ0v) is 9.07. The second-order valence-corrected chi connectivity index (χ2v) is 3.71. The first-order valence-electron chi connectivity index (χ1n) is 5.03. The van der Waals surface area contributed by atoms with E-state index in [1.807, 2.05) is 29.9 Å². The fourth-order valence-corrected chi connectivity index (χ4v) is 1.66. The van der Waals surface area contributed by atoms with Gasteiger partial charge in [-0.2, -0.15) is 5.10 Å². The molecule has 2 aromatic rings. The number of benzene rings is 1. The number of rotatable bonds is 2. The van der Waals surface area contributed by atoms with Crippen LogP contribution in [0.2, 0.25) is 0 Å². The second kappa shape index (κ2) is 3.87. The topological polar surface area (TPSA) is 43.8 Å². The average molecular weight is 201 g/mol. The van der Waals surface area contributed by atoms with E-state index < -0.39 is 0 Å². The summed E-state index contributed by atoms with van der Waals surface area (Å²) in [7, 11) is 0. The minimum Gasteiger partial charge on any atom is -0.326 e. The summed E-state index contributed by atoms with van der Waals surface area (Å²) in [5, 5.41) is 4.33. The molecule has 0 bridgehead atoms. The van der Waals surface area contributed by atoms with Gasteiger partial charge in [0.1, 0.15) is 0 Å². The number of nitrogens with zero attached hydrogens (tertiary/aromatic N) is 2. The molecule has 0 amide bonds. The minimum absolute atomic E-state index is 0.539. The van der Waals surface area contributed by atoms with Crippen LogP contribution < -0.4 is 5.73 Å². The van der Waals surface area contributed by atoms with E-state index in [2.05, 4.69) is 24.2 Å². The summed E-state index contributed by atoms with van der Waals surface area (Å²) in [6, 6.07) is 8.27. The van der Waals surface area contributed by atoms with E-state index in [9.17, 15) is 0 Å². The van der Waals surface area contributed by atoms with Gasteiger partial charge in [-0.25, -0.2) is 4.68 Å². The number of aryl methyl sites for hydroxylation is 1. The van der Waals surface area contributed by atoms with Crippen LogP contribution in [0, 0.1) is 13.8 Å². The predicted octanol–water partition coefficient (Wildman–Crippen LogP) is 1.95. The van der Waals surface area contributed by atoms with Gasteiger partial charge in [0.15, 0.2) is 0 Å². The molecule has 0 atom stereocenters. The van der Waals surface area contributed by atoms with E-state index in [1.165, 1.54) is 5.56 Å². The molecule has 78 valence electrons. The van der Waals surface area contributed by atoms with E-state index in [-0.39, 0.29) is 0 Å². The van der Waals surface area contributed by atoms with Crippen LogP contribution in [0.1, 0.15) is 16.8 Å². The first-order valence-corrected chi connectivity index (χ1v) is 5.03. The zero-order chi connectivity index (χ0) is 10.8. The third-order valence-electron chi connectivity index (χ3n) is 2.58. The van der Waals surface area contributed by atoms with Crippen LogP contribution in [0.4, 0.5) is 0 Å². The van der Waals surface area contributed by atoms with Crippen molar-refractivity contribution in [3.63, 3.8) is 0 Å². The number of aromatic nitrogens is 2. The summed E-state index contributed by atoms with van der Waals surface area (Å²) in [4.78, 5) is 0. The molecule has 0 aliphatic rings. The van der Waals surface area contributed by atoms with E-state index >= 15 is 0 Å². The van der Waals surface area contributed by atoms with Crippen molar-refractivity contribution in [1.82, 2.24) is 9.78 Å². The maximum Gasteiger partial charge on any atom is 0.0651 e. The molecule has 0 aliphatic heterocycles. The Morgan fingerprint density at radius 1 is 1.33 bits per heavy atom. The van der Waals surface area contributed by atoms with Gasteiger partial charge in [-0.1, -0.05) is 12.1 Å². The Hall–Kier alpha value is -1.61. The molecule has 1 aromatic carbocycles. The third-order valence-corrected chi connectivity index (χ3v) is 2.58. The first-order chi connectivity index (χ1) is 7.22. The summed E-state index contributed by atoms with van der Waals surface area (Å²) < 4.78 is 1.93. The fraction of sp³-hybridized carbons (Fsp3) is 0.250.